The van der Waals surface area contributed by atoms with Gasteiger partial charge in [0.05, 0.1) is 16.8 Å². The van der Waals surface area contributed by atoms with E-state index in [0.29, 0.717) is 11.4 Å². The van der Waals surface area contributed by atoms with Crippen molar-refractivity contribution in [2.24, 2.45) is 5.84 Å². The zero-order chi connectivity index (χ0) is 13.7. The number of aromatic nitrogens is 2. The topological polar surface area (TPSA) is 63.8 Å². The number of nitrogens with one attached hydrogen (secondary N) is 1. The molecule has 2 aromatic heterocycles. The molecule has 0 aliphatic carbocycles. The third-order valence-corrected chi connectivity index (χ3v) is 3.35. The van der Waals surface area contributed by atoms with E-state index in [4.69, 9.17) is 17.4 Å². The monoisotopic (exact) mass is 276 g/mol. The third-order valence-electron chi connectivity index (χ3n) is 3.03. The first-order valence-electron chi connectivity index (χ1n) is 6.25. The van der Waals surface area contributed by atoms with Crippen LogP contribution in [0.2, 0.25) is 5.02 Å². The lowest BCUT2D eigenvalue weighted by Gasteiger charge is -2.16. The van der Waals surface area contributed by atoms with Crippen molar-refractivity contribution in [3.8, 4) is 0 Å². The molecule has 0 saturated carbocycles. The Morgan fingerprint density at radius 1 is 1.32 bits per heavy atom. The Morgan fingerprint density at radius 2 is 2.16 bits per heavy atom. The molecule has 2 heterocycles. The Morgan fingerprint density at radius 3 is 2.74 bits per heavy atom. The fourth-order valence-corrected chi connectivity index (χ4v) is 2.14. The first kappa shape index (κ1) is 13.9. The number of hydrogen-bond acceptors (Lipinski definition) is 4. The van der Waals surface area contributed by atoms with Gasteiger partial charge < -0.3 is 0 Å². The van der Waals surface area contributed by atoms with E-state index in [1.165, 1.54) is 5.56 Å². The lowest BCUT2D eigenvalue weighted by molar-refractivity contribution is 0.533. The second kappa shape index (κ2) is 6.61. The molecule has 0 aliphatic rings. The second-order valence-electron chi connectivity index (χ2n) is 4.31. The van der Waals surface area contributed by atoms with Gasteiger partial charge in [0.1, 0.15) is 0 Å². The van der Waals surface area contributed by atoms with Gasteiger partial charge in [-0.15, -0.1) is 0 Å². The molecule has 19 heavy (non-hydrogen) atoms. The molecule has 0 bridgehead atoms. The number of pyridine rings is 2. The van der Waals surface area contributed by atoms with E-state index in [-0.39, 0.29) is 6.04 Å². The Bertz CT molecular complexity index is 527. The summed E-state index contributed by atoms with van der Waals surface area (Å²) in [5, 5.41) is 0.607. The van der Waals surface area contributed by atoms with Crippen LogP contribution in [-0.2, 0) is 12.8 Å². The summed E-state index contributed by atoms with van der Waals surface area (Å²) in [4.78, 5) is 8.70. The lowest BCUT2D eigenvalue weighted by atomic mass is 10.1. The lowest BCUT2D eigenvalue weighted by Crippen LogP contribution is -2.30. The van der Waals surface area contributed by atoms with Gasteiger partial charge >= 0.3 is 0 Å². The first-order chi connectivity index (χ1) is 9.24. The number of nitrogens with zero attached hydrogens (tertiary/aromatic N) is 2. The molecule has 2 aromatic rings. The van der Waals surface area contributed by atoms with Crippen molar-refractivity contribution in [3.63, 3.8) is 0 Å². The zero-order valence-electron chi connectivity index (χ0n) is 10.8. The maximum atomic E-state index is 6.13. The van der Waals surface area contributed by atoms with Gasteiger partial charge in [0.2, 0.25) is 0 Å². The molecule has 5 heteroatoms. The van der Waals surface area contributed by atoms with Crippen molar-refractivity contribution in [2.45, 2.75) is 25.8 Å². The molecule has 3 N–H and O–H groups in total. The molecule has 0 spiro atoms. The molecule has 100 valence electrons. The summed E-state index contributed by atoms with van der Waals surface area (Å²) in [6.07, 6.45) is 5.23. The van der Waals surface area contributed by atoms with Crippen molar-refractivity contribution in [3.05, 3.63) is 58.6 Å². The predicted molar refractivity (Wildman–Crippen MR) is 76.6 cm³/mol. The molecule has 0 aliphatic heterocycles. The van der Waals surface area contributed by atoms with E-state index >= 15 is 0 Å². The third kappa shape index (κ3) is 3.50. The van der Waals surface area contributed by atoms with Crippen LogP contribution >= 0.6 is 11.6 Å². The minimum absolute atomic E-state index is 0.145. The van der Waals surface area contributed by atoms with Crippen LogP contribution in [-0.4, -0.2) is 9.97 Å². The fourth-order valence-electron chi connectivity index (χ4n) is 1.88. The minimum atomic E-state index is -0.145. The molecule has 0 fully saturated rings. The van der Waals surface area contributed by atoms with Gasteiger partial charge in [-0.05, 0) is 30.2 Å². The van der Waals surface area contributed by atoms with Gasteiger partial charge in [0, 0.05) is 24.5 Å². The van der Waals surface area contributed by atoms with Crippen molar-refractivity contribution >= 4 is 11.6 Å². The second-order valence-corrected chi connectivity index (χ2v) is 4.71. The summed E-state index contributed by atoms with van der Waals surface area (Å²) < 4.78 is 0. The molecule has 0 saturated heterocycles. The van der Waals surface area contributed by atoms with Crippen LogP contribution in [0.3, 0.4) is 0 Å². The van der Waals surface area contributed by atoms with Crippen LogP contribution in [0.1, 0.15) is 29.9 Å². The smallest absolute Gasteiger partial charge is 0.0776 e. The number of hydrogen-bond donors (Lipinski definition) is 2. The van der Waals surface area contributed by atoms with Crippen LogP contribution in [0.4, 0.5) is 0 Å². The van der Waals surface area contributed by atoms with Crippen LogP contribution in [0.25, 0.3) is 0 Å². The maximum absolute atomic E-state index is 6.13. The summed E-state index contributed by atoms with van der Waals surface area (Å²) in [7, 11) is 0. The Labute approximate surface area is 118 Å². The Hall–Kier alpha value is -1.49. The molecular formula is C14H17ClN4. The number of halogens is 1. The highest BCUT2D eigenvalue weighted by atomic mass is 35.5. The Balaban J connectivity index is 2.17. The fraction of sp³-hybridized carbons (Fsp3) is 0.286. The number of hydrazine groups is 1. The summed E-state index contributed by atoms with van der Waals surface area (Å²) in [6.45, 7) is 2.11. The highest BCUT2D eigenvalue weighted by molar-refractivity contribution is 6.31. The van der Waals surface area contributed by atoms with E-state index in [0.717, 1.165) is 17.8 Å². The maximum Gasteiger partial charge on any atom is 0.0776 e. The molecule has 0 amide bonds. The molecule has 4 nitrogen and oxygen atoms in total. The predicted octanol–water partition coefficient (Wildman–Crippen LogP) is 2.44. The van der Waals surface area contributed by atoms with E-state index in [9.17, 15) is 0 Å². The van der Waals surface area contributed by atoms with Gasteiger partial charge in [0.15, 0.2) is 0 Å². The first-order valence-corrected chi connectivity index (χ1v) is 6.62. The van der Waals surface area contributed by atoms with Crippen LogP contribution in [0, 0.1) is 0 Å². The van der Waals surface area contributed by atoms with E-state index in [2.05, 4.69) is 28.4 Å². The van der Waals surface area contributed by atoms with Crippen LogP contribution < -0.4 is 11.3 Å². The number of rotatable bonds is 5. The molecule has 2 rings (SSSR count). The number of aryl methyl sites for hydroxylation is 1. The van der Waals surface area contributed by atoms with Gasteiger partial charge in [-0.2, -0.15) is 0 Å². The van der Waals surface area contributed by atoms with Gasteiger partial charge in [0.25, 0.3) is 0 Å². The highest BCUT2D eigenvalue weighted by Gasteiger charge is 2.15. The zero-order valence-corrected chi connectivity index (χ0v) is 11.6. The van der Waals surface area contributed by atoms with Crippen molar-refractivity contribution in [1.82, 2.24) is 15.4 Å². The summed E-state index contributed by atoms with van der Waals surface area (Å²) in [5.74, 6) is 5.60. The molecule has 0 aromatic carbocycles. The summed E-state index contributed by atoms with van der Waals surface area (Å²) >= 11 is 6.13. The SMILES string of the molecule is CCc1ccc(CC(NN)c2ncccc2Cl)nc1. The van der Waals surface area contributed by atoms with Gasteiger partial charge in [-0.1, -0.05) is 24.6 Å². The molecular weight excluding hydrogens is 260 g/mol. The number of nitrogens with two attached hydrogens (primary N) is 1. The van der Waals surface area contributed by atoms with Crippen LogP contribution in [0.5, 0.6) is 0 Å². The van der Waals surface area contributed by atoms with Gasteiger partial charge in [-0.3, -0.25) is 21.2 Å². The Kier molecular flexibility index (Phi) is 4.85. The van der Waals surface area contributed by atoms with Crippen LogP contribution in [0.15, 0.2) is 36.7 Å². The summed E-state index contributed by atoms with van der Waals surface area (Å²) in [5.41, 5.74) is 5.67. The highest BCUT2D eigenvalue weighted by Crippen LogP contribution is 2.22. The normalized spacial score (nSPS) is 12.4. The average molecular weight is 277 g/mol. The summed E-state index contributed by atoms with van der Waals surface area (Å²) in [6, 6.07) is 7.56. The van der Waals surface area contributed by atoms with Gasteiger partial charge in [-0.25, -0.2) is 0 Å². The van der Waals surface area contributed by atoms with Crippen molar-refractivity contribution in [2.75, 3.05) is 0 Å². The van der Waals surface area contributed by atoms with Crippen molar-refractivity contribution < 1.29 is 0 Å². The molecule has 0 radical (unpaired) electrons. The largest absolute Gasteiger partial charge is 0.271 e. The average Bonchev–Trinajstić information content (AvgIpc) is 2.46. The molecule has 1 atom stereocenters. The van der Waals surface area contributed by atoms with E-state index < -0.39 is 0 Å². The quantitative estimate of drug-likeness (QED) is 0.650. The minimum Gasteiger partial charge on any atom is -0.271 e. The standard InChI is InChI=1S/C14H17ClN4/c1-2-10-5-6-11(18-9-10)8-13(19-16)14-12(15)4-3-7-17-14/h3-7,9,13,19H,2,8,16H2,1H3. The van der Waals surface area contributed by atoms with E-state index in [1.807, 2.05) is 18.3 Å². The van der Waals surface area contributed by atoms with E-state index in [1.54, 1.807) is 12.3 Å². The molecule has 1 unspecified atom stereocenters. The van der Waals surface area contributed by atoms with Crippen molar-refractivity contribution in [1.29, 1.82) is 0 Å².